The first-order valence-corrected chi connectivity index (χ1v) is 6.93. The van der Waals surface area contributed by atoms with Gasteiger partial charge < -0.3 is 4.98 Å². The van der Waals surface area contributed by atoms with Crippen molar-refractivity contribution in [2.24, 2.45) is 0 Å². The number of hydrogen-bond acceptors (Lipinski definition) is 3. The van der Waals surface area contributed by atoms with Gasteiger partial charge in [0.1, 0.15) is 4.47 Å². The summed E-state index contributed by atoms with van der Waals surface area (Å²) in [5.74, 6) is 0.738. The molecule has 0 radical (unpaired) electrons. The molecule has 0 saturated carbocycles. The fourth-order valence-electron chi connectivity index (χ4n) is 1.17. The number of benzene rings is 1. The van der Waals surface area contributed by atoms with Crippen LogP contribution in [0.15, 0.2) is 44.9 Å². The van der Waals surface area contributed by atoms with E-state index in [1.807, 2.05) is 24.3 Å². The molecule has 0 unspecified atom stereocenters. The molecule has 0 saturated heterocycles. The first kappa shape index (κ1) is 12.7. The number of halogens is 2. The number of aromatic nitrogens is 2. The molecule has 6 heteroatoms. The molecule has 1 heterocycles. The number of H-pyrrole nitrogens is 1. The molecule has 0 amide bonds. The van der Waals surface area contributed by atoms with Gasteiger partial charge in [0.05, 0.1) is 0 Å². The summed E-state index contributed by atoms with van der Waals surface area (Å²) < 4.78 is 0.438. The van der Waals surface area contributed by atoms with Crippen LogP contribution in [0.3, 0.4) is 0 Å². The second-order valence-corrected chi connectivity index (χ2v) is 5.54. The lowest BCUT2D eigenvalue weighted by Crippen LogP contribution is -2.08. The summed E-state index contributed by atoms with van der Waals surface area (Å²) in [6, 6.07) is 7.59. The summed E-state index contributed by atoms with van der Waals surface area (Å²) in [6.45, 7) is 0. The minimum atomic E-state index is -0.168. The van der Waals surface area contributed by atoms with Crippen LogP contribution >= 0.6 is 39.3 Å². The molecule has 2 aromatic rings. The van der Waals surface area contributed by atoms with Crippen LogP contribution in [0.25, 0.3) is 0 Å². The molecule has 1 aromatic carbocycles. The molecular formula is C11H8BrClN2OS. The minimum absolute atomic E-state index is 0.168. The third-order valence-electron chi connectivity index (χ3n) is 2.02. The Hall–Kier alpha value is -0.780. The highest BCUT2D eigenvalue weighted by Gasteiger charge is 2.01. The normalized spacial score (nSPS) is 10.5. The van der Waals surface area contributed by atoms with Gasteiger partial charge in [0.15, 0.2) is 5.16 Å². The summed E-state index contributed by atoms with van der Waals surface area (Å²) in [7, 11) is 0. The largest absolute Gasteiger partial charge is 0.300 e. The van der Waals surface area contributed by atoms with E-state index in [9.17, 15) is 4.79 Å². The maximum atomic E-state index is 11.3. The highest BCUT2D eigenvalue weighted by atomic mass is 79.9. The van der Waals surface area contributed by atoms with Crippen LogP contribution < -0.4 is 5.56 Å². The predicted molar refractivity (Wildman–Crippen MR) is 73.6 cm³/mol. The Morgan fingerprint density at radius 3 is 2.71 bits per heavy atom. The van der Waals surface area contributed by atoms with Gasteiger partial charge in [0.25, 0.3) is 5.56 Å². The molecule has 0 aliphatic heterocycles. The summed E-state index contributed by atoms with van der Waals surface area (Å²) in [5, 5.41) is 1.32. The Balaban J connectivity index is 2.04. The van der Waals surface area contributed by atoms with Crippen LogP contribution in [0, 0.1) is 0 Å². The van der Waals surface area contributed by atoms with Crippen molar-refractivity contribution in [3.8, 4) is 0 Å². The number of nitrogens with one attached hydrogen (secondary N) is 1. The molecule has 0 bridgehead atoms. The van der Waals surface area contributed by atoms with Crippen molar-refractivity contribution in [2.45, 2.75) is 10.9 Å². The number of rotatable bonds is 3. The summed E-state index contributed by atoms with van der Waals surface area (Å²) in [4.78, 5) is 18.1. The van der Waals surface area contributed by atoms with Gasteiger partial charge in [-0.25, -0.2) is 4.98 Å². The number of aromatic amines is 1. The van der Waals surface area contributed by atoms with Crippen molar-refractivity contribution in [1.82, 2.24) is 9.97 Å². The lowest BCUT2D eigenvalue weighted by atomic mass is 10.2. The molecule has 2 rings (SSSR count). The smallest absolute Gasteiger partial charge is 0.265 e. The minimum Gasteiger partial charge on any atom is -0.300 e. The van der Waals surface area contributed by atoms with Gasteiger partial charge in [0, 0.05) is 17.0 Å². The maximum absolute atomic E-state index is 11.3. The van der Waals surface area contributed by atoms with Gasteiger partial charge in [-0.15, -0.1) is 0 Å². The van der Waals surface area contributed by atoms with Gasteiger partial charge >= 0.3 is 0 Å². The lowest BCUT2D eigenvalue weighted by Gasteiger charge is -2.01. The van der Waals surface area contributed by atoms with E-state index < -0.39 is 0 Å². The standard InChI is InChI=1S/C11H8BrClN2OS/c12-9-5-14-11(15-10(9)16)17-6-7-1-3-8(13)4-2-7/h1-5H,6H2,(H,14,15,16). The fraction of sp³-hybridized carbons (Fsp3) is 0.0909. The number of thioether (sulfide) groups is 1. The van der Waals surface area contributed by atoms with E-state index in [0.717, 1.165) is 11.3 Å². The molecule has 3 nitrogen and oxygen atoms in total. The van der Waals surface area contributed by atoms with E-state index in [4.69, 9.17) is 11.6 Å². The molecule has 0 aliphatic carbocycles. The lowest BCUT2D eigenvalue weighted by molar-refractivity contribution is 0.926. The molecule has 0 spiro atoms. The van der Waals surface area contributed by atoms with Gasteiger partial charge in [0.2, 0.25) is 0 Å². The van der Waals surface area contributed by atoms with Crippen LogP contribution in [0.1, 0.15) is 5.56 Å². The van der Waals surface area contributed by atoms with Crippen molar-refractivity contribution in [3.63, 3.8) is 0 Å². The fourth-order valence-corrected chi connectivity index (χ4v) is 2.28. The zero-order chi connectivity index (χ0) is 12.3. The van der Waals surface area contributed by atoms with Gasteiger partial charge in [-0.05, 0) is 33.6 Å². The Labute approximate surface area is 116 Å². The second-order valence-electron chi connectivity index (χ2n) is 3.28. The summed E-state index contributed by atoms with van der Waals surface area (Å²) in [6.07, 6.45) is 1.50. The Morgan fingerprint density at radius 1 is 1.35 bits per heavy atom. The van der Waals surface area contributed by atoms with E-state index in [1.165, 1.54) is 18.0 Å². The van der Waals surface area contributed by atoms with Gasteiger partial charge in [-0.1, -0.05) is 35.5 Å². The quantitative estimate of drug-likeness (QED) is 0.692. The molecule has 0 atom stereocenters. The third kappa shape index (κ3) is 3.59. The van der Waals surface area contributed by atoms with E-state index in [2.05, 4.69) is 25.9 Å². The van der Waals surface area contributed by atoms with Crippen LogP contribution in [0.2, 0.25) is 5.02 Å². The van der Waals surface area contributed by atoms with Crippen molar-refractivity contribution >= 4 is 39.3 Å². The molecule has 1 aromatic heterocycles. The Kier molecular flexibility index (Phi) is 4.25. The van der Waals surface area contributed by atoms with Crippen LogP contribution in [0.5, 0.6) is 0 Å². The number of nitrogens with zero attached hydrogens (tertiary/aromatic N) is 1. The van der Waals surface area contributed by atoms with E-state index in [1.54, 1.807) is 0 Å². The highest BCUT2D eigenvalue weighted by molar-refractivity contribution is 9.10. The van der Waals surface area contributed by atoms with Gasteiger partial charge in [-0.3, -0.25) is 4.79 Å². The van der Waals surface area contributed by atoms with Gasteiger partial charge in [-0.2, -0.15) is 0 Å². The monoisotopic (exact) mass is 330 g/mol. The summed E-state index contributed by atoms with van der Waals surface area (Å²) >= 11 is 10.4. The van der Waals surface area contributed by atoms with Crippen molar-refractivity contribution in [2.75, 3.05) is 0 Å². The maximum Gasteiger partial charge on any atom is 0.265 e. The molecule has 88 valence electrons. The predicted octanol–water partition coefficient (Wildman–Crippen LogP) is 3.48. The van der Waals surface area contributed by atoms with Crippen LogP contribution in [0.4, 0.5) is 0 Å². The van der Waals surface area contributed by atoms with Crippen molar-refractivity contribution in [3.05, 3.63) is 55.9 Å². The van der Waals surface area contributed by atoms with Crippen LogP contribution in [-0.2, 0) is 5.75 Å². The first-order chi connectivity index (χ1) is 8.15. The molecule has 0 fully saturated rings. The Morgan fingerprint density at radius 2 is 2.06 bits per heavy atom. The Bertz CT molecular complexity index is 570. The average Bonchev–Trinajstić information content (AvgIpc) is 2.33. The molecule has 1 N–H and O–H groups in total. The van der Waals surface area contributed by atoms with Crippen LogP contribution in [-0.4, -0.2) is 9.97 Å². The second kappa shape index (κ2) is 5.71. The topological polar surface area (TPSA) is 45.8 Å². The highest BCUT2D eigenvalue weighted by Crippen LogP contribution is 2.19. The van der Waals surface area contributed by atoms with E-state index in [0.29, 0.717) is 14.7 Å². The van der Waals surface area contributed by atoms with E-state index in [-0.39, 0.29) is 5.56 Å². The molecule has 17 heavy (non-hydrogen) atoms. The van der Waals surface area contributed by atoms with Crippen molar-refractivity contribution < 1.29 is 0 Å². The molecule has 0 aliphatic rings. The van der Waals surface area contributed by atoms with E-state index >= 15 is 0 Å². The average molecular weight is 332 g/mol. The SMILES string of the molecule is O=c1[nH]c(SCc2ccc(Cl)cc2)ncc1Br. The van der Waals surface area contributed by atoms with Crippen molar-refractivity contribution in [1.29, 1.82) is 0 Å². The molecular weight excluding hydrogens is 324 g/mol. The zero-order valence-electron chi connectivity index (χ0n) is 8.61. The number of hydrogen-bond donors (Lipinski definition) is 1. The third-order valence-corrected chi connectivity index (χ3v) is 3.80. The zero-order valence-corrected chi connectivity index (χ0v) is 11.8. The summed E-state index contributed by atoms with van der Waals surface area (Å²) in [5.41, 5.74) is 0.962. The first-order valence-electron chi connectivity index (χ1n) is 4.77.